The van der Waals surface area contributed by atoms with Gasteiger partial charge in [-0.05, 0) is 30.5 Å². The molecule has 0 aliphatic rings. The van der Waals surface area contributed by atoms with Crippen LogP contribution in [0.5, 0.6) is 5.75 Å². The Labute approximate surface area is 160 Å². The minimum Gasteiger partial charge on any atom is -0.494 e. The van der Waals surface area contributed by atoms with Crippen LogP contribution in [0, 0.1) is 0 Å². The van der Waals surface area contributed by atoms with Crippen molar-refractivity contribution in [3.05, 3.63) is 29.8 Å². The molecule has 0 amide bonds. The first kappa shape index (κ1) is 22.5. The number of aryl methyl sites for hydroxylation is 1. The van der Waals surface area contributed by atoms with E-state index in [1.807, 2.05) is 24.3 Å². The minimum absolute atomic E-state index is 0.180. The number of carbonyl (C=O) groups is 1. The van der Waals surface area contributed by atoms with Crippen LogP contribution in [-0.2, 0) is 11.2 Å². The highest BCUT2D eigenvalue weighted by atomic mass is 16.5. The van der Waals surface area contributed by atoms with Gasteiger partial charge >= 0.3 is 5.97 Å². The Kier molecular flexibility index (Phi) is 13.6. The molecule has 3 nitrogen and oxygen atoms in total. The number of carboxylic acids is 1. The predicted octanol–water partition coefficient (Wildman–Crippen LogP) is 6.78. The molecule has 0 bridgehead atoms. The number of unbranched alkanes of at least 4 members (excludes halogenated alkanes) is 11. The molecule has 0 unspecified atom stereocenters. The zero-order chi connectivity index (χ0) is 18.9. The highest BCUT2D eigenvalue weighted by molar-refractivity contribution is 5.67. The lowest BCUT2D eigenvalue weighted by Crippen LogP contribution is -1.99. The molecule has 148 valence electrons. The summed E-state index contributed by atoms with van der Waals surface area (Å²) in [5, 5.41) is 8.69. The maximum atomic E-state index is 10.6. The van der Waals surface area contributed by atoms with E-state index in [-0.39, 0.29) is 6.42 Å². The summed E-state index contributed by atoms with van der Waals surface area (Å²) in [6.07, 6.45) is 17.0. The fraction of sp³-hybridized carbons (Fsp3) is 0.696. The molecule has 1 rings (SSSR count). The monoisotopic (exact) mass is 362 g/mol. The van der Waals surface area contributed by atoms with Gasteiger partial charge in [-0.2, -0.15) is 0 Å². The maximum absolute atomic E-state index is 10.6. The van der Waals surface area contributed by atoms with Crippen molar-refractivity contribution in [2.45, 2.75) is 96.8 Å². The van der Waals surface area contributed by atoms with E-state index in [9.17, 15) is 4.79 Å². The van der Waals surface area contributed by atoms with Crippen molar-refractivity contribution < 1.29 is 14.6 Å². The lowest BCUT2D eigenvalue weighted by atomic mass is 10.1. The summed E-state index contributed by atoms with van der Waals surface area (Å²) in [5.41, 5.74) is 1.05. The first-order valence-electron chi connectivity index (χ1n) is 10.7. The first-order chi connectivity index (χ1) is 12.7. The molecule has 26 heavy (non-hydrogen) atoms. The molecule has 0 aromatic heterocycles. The number of ether oxygens (including phenoxy) is 1. The molecular formula is C23H38O3. The van der Waals surface area contributed by atoms with Crippen molar-refractivity contribution in [1.82, 2.24) is 0 Å². The quantitative estimate of drug-likeness (QED) is 0.311. The van der Waals surface area contributed by atoms with Crippen LogP contribution in [0.3, 0.4) is 0 Å². The van der Waals surface area contributed by atoms with Crippen molar-refractivity contribution in [3.63, 3.8) is 0 Å². The molecule has 0 spiro atoms. The Morgan fingerprint density at radius 1 is 0.808 bits per heavy atom. The van der Waals surface area contributed by atoms with Crippen molar-refractivity contribution in [2.24, 2.45) is 0 Å². The average Bonchev–Trinajstić information content (AvgIpc) is 2.64. The molecule has 3 heteroatoms. The zero-order valence-electron chi connectivity index (χ0n) is 16.7. The SMILES string of the molecule is CCCCCCCCCCCCCCOc1ccc(CCC(=O)O)cc1. The molecule has 1 aromatic rings. The van der Waals surface area contributed by atoms with Gasteiger partial charge in [0.25, 0.3) is 0 Å². The summed E-state index contributed by atoms with van der Waals surface area (Å²) < 4.78 is 5.76. The van der Waals surface area contributed by atoms with E-state index < -0.39 is 5.97 Å². The molecule has 0 aliphatic carbocycles. The lowest BCUT2D eigenvalue weighted by molar-refractivity contribution is -0.136. The molecule has 0 aliphatic heterocycles. The van der Waals surface area contributed by atoms with E-state index in [0.717, 1.165) is 24.3 Å². The summed E-state index contributed by atoms with van der Waals surface area (Å²) in [6, 6.07) is 7.80. The molecule has 0 heterocycles. The van der Waals surface area contributed by atoms with Crippen LogP contribution in [0.4, 0.5) is 0 Å². The van der Waals surface area contributed by atoms with Crippen LogP contribution in [0.1, 0.15) is 96.0 Å². The van der Waals surface area contributed by atoms with E-state index >= 15 is 0 Å². The van der Waals surface area contributed by atoms with Crippen LogP contribution >= 0.6 is 0 Å². The van der Waals surface area contributed by atoms with Crippen molar-refractivity contribution in [3.8, 4) is 5.75 Å². The Balaban J connectivity index is 1.90. The van der Waals surface area contributed by atoms with Crippen molar-refractivity contribution in [2.75, 3.05) is 6.61 Å². The summed E-state index contributed by atoms with van der Waals surface area (Å²) in [5.74, 6) is 0.129. The van der Waals surface area contributed by atoms with Crippen LogP contribution < -0.4 is 4.74 Å². The second-order valence-corrected chi connectivity index (χ2v) is 7.28. The molecule has 0 saturated carbocycles. The van der Waals surface area contributed by atoms with Gasteiger partial charge in [0.05, 0.1) is 6.61 Å². The molecule has 1 N–H and O–H groups in total. The summed E-state index contributed by atoms with van der Waals surface area (Å²) >= 11 is 0. The maximum Gasteiger partial charge on any atom is 0.303 e. The van der Waals surface area contributed by atoms with E-state index in [4.69, 9.17) is 9.84 Å². The van der Waals surface area contributed by atoms with Gasteiger partial charge in [-0.15, -0.1) is 0 Å². The van der Waals surface area contributed by atoms with Gasteiger partial charge in [-0.25, -0.2) is 0 Å². The van der Waals surface area contributed by atoms with Crippen molar-refractivity contribution in [1.29, 1.82) is 0 Å². The number of hydrogen-bond donors (Lipinski definition) is 1. The minimum atomic E-state index is -0.752. The highest BCUT2D eigenvalue weighted by Crippen LogP contribution is 2.15. The normalized spacial score (nSPS) is 10.8. The first-order valence-corrected chi connectivity index (χ1v) is 10.7. The van der Waals surface area contributed by atoms with Gasteiger partial charge in [0.1, 0.15) is 5.75 Å². The summed E-state index contributed by atoms with van der Waals surface area (Å²) in [4.78, 5) is 10.6. The van der Waals surface area contributed by atoms with Gasteiger partial charge in [0.2, 0.25) is 0 Å². The third kappa shape index (κ3) is 12.8. The lowest BCUT2D eigenvalue weighted by Gasteiger charge is -2.07. The topological polar surface area (TPSA) is 46.5 Å². The molecular weight excluding hydrogens is 324 g/mol. The summed E-state index contributed by atoms with van der Waals surface area (Å²) in [6.45, 7) is 3.04. The number of rotatable bonds is 17. The second kappa shape index (κ2) is 15.7. The third-order valence-corrected chi connectivity index (χ3v) is 4.82. The predicted molar refractivity (Wildman–Crippen MR) is 109 cm³/mol. The standard InChI is InChI=1S/C23H38O3/c1-2-3-4-5-6-7-8-9-10-11-12-13-20-26-22-17-14-21(15-18-22)16-19-23(24)25/h14-15,17-18H,2-13,16,19-20H2,1H3,(H,24,25). The van der Waals surface area contributed by atoms with Crippen LogP contribution in [0.25, 0.3) is 0 Å². The van der Waals surface area contributed by atoms with Gasteiger partial charge in [0, 0.05) is 6.42 Å². The van der Waals surface area contributed by atoms with Crippen molar-refractivity contribution >= 4 is 5.97 Å². The number of benzene rings is 1. The summed E-state index contributed by atoms with van der Waals surface area (Å²) in [7, 11) is 0. The Morgan fingerprint density at radius 2 is 1.31 bits per heavy atom. The van der Waals surface area contributed by atoms with Gasteiger partial charge in [-0.1, -0.05) is 89.7 Å². The second-order valence-electron chi connectivity index (χ2n) is 7.28. The fourth-order valence-electron chi connectivity index (χ4n) is 3.14. The zero-order valence-corrected chi connectivity index (χ0v) is 16.7. The highest BCUT2D eigenvalue weighted by Gasteiger charge is 2.00. The molecule has 0 atom stereocenters. The Hall–Kier alpha value is -1.51. The van der Waals surface area contributed by atoms with E-state index in [1.54, 1.807) is 0 Å². The van der Waals surface area contributed by atoms with E-state index in [2.05, 4.69) is 6.92 Å². The Bertz CT molecular complexity index is 453. The third-order valence-electron chi connectivity index (χ3n) is 4.82. The smallest absolute Gasteiger partial charge is 0.303 e. The number of aliphatic carboxylic acids is 1. The van der Waals surface area contributed by atoms with Gasteiger partial charge < -0.3 is 9.84 Å². The number of carboxylic acid groups (broad SMARTS) is 1. The molecule has 1 aromatic carbocycles. The van der Waals surface area contributed by atoms with Crippen LogP contribution in [0.2, 0.25) is 0 Å². The molecule has 0 fully saturated rings. The average molecular weight is 363 g/mol. The molecule has 0 saturated heterocycles. The number of hydrogen-bond acceptors (Lipinski definition) is 2. The molecule has 0 radical (unpaired) electrons. The van der Waals surface area contributed by atoms with Gasteiger partial charge in [-0.3, -0.25) is 4.79 Å². The van der Waals surface area contributed by atoms with Crippen LogP contribution in [-0.4, -0.2) is 17.7 Å². The largest absolute Gasteiger partial charge is 0.494 e. The fourth-order valence-corrected chi connectivity index (χ4v) is 3.14. The Morgan fingerprint density at radius 3 is 1.81 bits per heavy atom. The van der Waals surface area contributed by atoms with Gasteiger partial charge in [0.15, 0.2) is 0 Å². The van der Waals surface area contributed by atoms with Crippen LogP contribution in [0.15, 0.2) is 24.3 Å². The van der Waals surface area contributed by atoms with E-state index in [1.165, 1.54) is 70.6 Å². The van der Waals surface area contributed by atoms with E-state index in [0.29, 0.717) is 6.42 Å².